The standard InChI is InChI=1S/C24H20F4N4O2/c1-13-6-4-9-19(14(13)2)29-20(33)12-34-21-11-18(24(26,27)28)22-15(3)31-32(23(22)30-21)17-8-5-7-16(25)10-17/h4-11H,12H2,1-3H3,(H,29,33). The van der Waals surface area contributed by atoms with E-state index in [2.05, 4.69) is 15.4 Å². The van der Waals surface area contributed by atoms with Crippen LogP contribution in [0.15, 0.2) is 48.5 Å². The summed E-state index contributed by atoms with van der Waals surface area (Å²) in [6.45, 7) is 4.58. The molecule has 0 fully saturated rings. The van der Waals surface area contributed by atoms with E-state index in [9.17, 15) is 22.4 Å². The summed E-state index contributed by atoms with van der Waals surface area (Å²) in [5, 5.41) is 6.58. The molecule has 0 aliphatic heterocycles. The summed E-state index contributed by atoms with van der Waals surface area (Å²) in [6.07, 6.45) is -4.74. The van der Waals surface area contributed by atoms with Gasteiger partial charge in [0, 0.05) is 11.8 Å². The molecule has 1 amide bonds. The molecule has 10 heteroatoms. The first-order chi connectivity index (χ1) is 16.0. The second-order valence-corrected chi connectivity index (χ2v) is 7.77. The summed E-state index contributed by atoms with van der Waals surface area (Å²) in [5.74, 6) is -1.54. The van der Waals surface area contributed by atoms with Gasteiger partial charge in [-0.3, -0.25) is 4.79 Å². The molecule has 6 nitrogen and oxygen atoms in total. The number of aryl methyl sites for hydroxylation is 2. The quantitative estimate of drug-likeness (QED) is 0.389. The van der Waals surface area contributed by atoms with E-state index in [1.807, 2.05) is 19.9 Å². The van der Waals surface area contributed by atoms with E-state index >= 15 is 0 Å². The van der Waals surface area contributed by atoms with Crippen LogP contribution in [-0.2, 0) is 11.0 Å². The van der Waals surface area contributed by atoms with Gasteiger partial charge in [-0.25, -0.2) is 9.07 Å². The zero-order valence-corrected chi connectivity index (χ0v) is 18.5. The van der Waals surface area contributed by atoms with Crippen molar-refractivity contribution in [3.05, 3.63) is 76.7 Å². The number of ether oxygens (including phenoxy) is 1. The Morgan fingerprint density at radius 1 is 1.09 bits per heavy atom. The number of pyridine rings is 1. The lowest BCUT2D eigenvalue weighted by atomic mass is 10.1. The average molecular weight is 472 g/mol. The Bertz CT molecular complexity index is 1400. The molecule has 176 valence electrons. The Labute approximate surface area is 192 Å². The summed E-state index contributed by atoms with van der Waals surface area (Å²) in [6, 6.07) is 11.4. The predicted molar refractivity (Wildman–Crippen MR) is 119 cm³/mol. The third-order valence-corrected chi connectivity index (χ3v) is 5.38. The normalized spacial score (nSPS) is 11.6. The second-order valence-electron chi connectivity index (χ2n) is 7.77. The van der Waals surface area contributed by atoms with Crippen molar-refractivity contribution in [3.63, 3.8) is 0 Å². The fourth-order valence-corrected chi connectivity index (χ4v) is 3.56. The van der Waals surface area contributed by atoms with Gasteiger partial charge in [0.15, 0.2) is 12.3 Å². The fraction of sp³-hybridized carbons (Fsp3) is 0.208. The summed E-state index contributed by atoms with van der Waals surface area (Å²) in [4.78, 5) is 16.5. The van der Waals surface area contributed by atoms with Crippen molar-refractivity contribution in [2.45, 2.75) is 26.9 Å². The van der Waals surface area contributed by atoms with E-state index in [1.54, 1.807) is 12.1 Å². The molecule has 0 aliphatic carbocycles. The zero-order chi connectivity index (χ0) is 24.6. The van der Waals surface area contributed by atoms with E-state index in [0.29, 0.717) is 5.69 Å². The summed E-state index contributed by atoms with van der Waals surface area (Å²) >= 11 is 0. The van der Waals surface area contributed by atoms with Gasteiger partial charge in [-0.15, -0.1) is 0 Å². The van der Waals surface area contributed by atoms with Crippen LogP contribution in [0.4, 0.5) is 23.2 Å². The van der Waals surface area contributed by atoms with Gasteiger partial charge in [0.2, 0.25) is 5.88 Å². The number of hydrogen-bond donors (Lipinski definition) is 1. The molecule has 0 radical (unpaired) electrons. The minimum absolute atomic E-state index is 0.0679. The minimum atomic E-state index is -4.74. The first kappa shape index (κ1) is 23.2. The lowest BCUT2D eigenvalue weighted by molar-refractivity contribution is -0.136. The summed E-state index contributed by atoms with van der Waals surface area (Å²) < 4.78 is 61.8. The predicted octanol–water partition coefficient (Wildman–Crippen LogP) is 5.52. The molecule has 0 atom stereocenters. The fourth-order valence-electron chi connectivity index (χ4n) is 3.56. The van der Waals surface area contributed by atoms with Crippen LogP contribution in [0, 0.1) is 26.6 Å². The van der Waals surface area contributed by atoms with Crippen molar-refractivity contribution >= 4 is 22.6 Å². The highest BCUT2D eigenvalue weighted by Gasteiger charge is 2.36. The maximum absolute atomic E-state index is 13.9. The van der Waals surface area contributed by atoms with Crippen molar-refractivity contribution in [2.24, 2.45) is 0 Å². The maximum Gasteiger partial charge on any atom is 0.417 e. The molecule has 2 aromatic carbocycles. The van der Waals surface area contributed by atoms with Crippen LogP contribution in [0.1, 0.15) is 22.4 Å². The monoisotopic (exact) mass is 472 g/mol. The van der Waals surface area contributed by atoms with E-state index < -0.39 is 36.0 Å². The van der Waals surface area contributed by atoms with Gasteiger partial charge in [-0.1, -0.05) is 18.2 Å². The lowest BCUT2D eigenvalue weighted by Gasteiger charge is -2.13. The molecular weight excluding hydrogens is 452 g/mol. The molecule has 0 saturated carbocycles. The Hall–Kier alpha value is -3.95. The molecule has 0 aliphatic rings. The molecule has 1 N–H and O–H groups in total. The molecule has 34 heavy (non-hydrogen) atoms. The molecule has 0 spiro atoms. The van der Waals surface area contributed by atoms with Crippen LogP contribution in [0.25, 0.3) is 16.7 Å². The van der Waals surface area contributed by atoms with Gasteiger partial charge in [-0.05, 0) is 56.2 Å². The number of hydrogen-bond acceptors (Lipinski definition) is 4. The smallest absolute Gasteiger partial charge is 0.417 e. The summed E-state index contributed by atoms with van der Waals surface area (Å²) in [5.41, 5.74) is 1.51. The van der Waals surface area contributed by atoms with Gasteiger partial charge in [0.25, 0.3) is 5.91 Å². The van der Waals surface area contributed by atoms with Crippen molar-refractivity contribution in [1.29, 1.82) is 0 Å². The van der Waals surface area contributed by atoms with E-state index in [1.165, 1.54) is 25.1 Å². The molecule has 0 unspecified atom stereocenters. The lowest BCUT2D eigenvalue weighted by Crippen LogP contribution is -2.21. The molecular formula is C24H20F4N4O2. The van der Waals surface area contributed by atoms with Crippen molar-refractivity contribution in [2.75, 3.05) is 11.9 Å². The molecule has 0 saturated heterocycles. The second kappa shape index (κ2) is 8.77. The van der Waals surface area contributed by atoms with Crippen LogP contribution in [-0.4, -0.2) is 27.3 Å². The Morgan fingerprint density at radius 3 is 2.53 bits per heavy atom. The van der Waals surface area contributed by atoms with Crippen LogP contribution in [0.3, 0.4) is 0 Å². The molecule has 4 aromatic rings. The Balaban J connectivity index is 1.69. The average Bonchev–Trinajstić information content (AvgIpc) is 3.11. The molecule has 4 rings (SSSR count). The van der Waals surface area contributed by atoms with Gasteiger partial charge in [0.1, 0.15) is 5.82 Å². The number of benzene rings is 2. The highest BCUT2D eigenvalue weighted by molar-refractivity contribution is 5.93. The van der Waals surface area contributed by atoms with Crippen molar-refractivity contribution in [1.82, 2.24) is 14.8 Å². The first-order valence-electron chi connectivity index (χ1n) is 10.3. The summed E-state index contributed by atoms with van der Waals surface area (Å²) in [7, 11) is 0. The van der Waals surface area contributed by atoms with Crippen molar-refractivity contribution in [3.8, 4) is 11.6 Å². The van der Waals surface area contributed by atoms with Crippen LogP contribution >= 0.6 is 0 Å². The van der Waals surface area contributed by atoms with Gasteiger partial charge in [0.05, 0.1) is 22.3 Å². The Morgan fingerprint density at radius 2 is 1.82 bits per heavy atom. The van der Waals surface area contributed by atoms with Crippen molar-refractivity contribution < 1.29 is 27.1 Å². The number of nitrogens with one attached hydrogen (secondary N) is 1. The topological polar surface area (TPSA) is 69.0 Å². The third-order valence-electron chi connectivity index (χ3n) is 5.38. The van der Waals surface area contributed by atoms with E-state index in [-0.39, 0.29) is 22.4 Å². The third kappa shape index (κ3) is 4.57. The maximum atomic E-state index is 13.9. The first-order valence-corrected chi connectivity index (χ1v) is 10.3. The molecule has 2 aromatic heterocycles. The van der Waals surface area contributed by atoms with Gasteiger partial charge in [-0.2, -0.15) is 23.3 Å². The number of alkyl halides is 3. The Kier molecular flexibility index (Phi) is 5.99. The van der Waals surface area contributed by atoms with E-state index in [0.717, 1.165) is 27.9 Å². The van der Waals surface area contributed by atoms with Gasteiger partial charge >= 0.3 is 6.18 Å². The van der Waals surface area contributed by atoms with E-state index in [4.69, 9.17) is 4.74 Å². The SMILES string of the molecule is Cc1cccc(NC(=O)COc2cc(C(F)(F)F)c3c(C)nn(-c4cccc(F)c4)c3n2)c1C. The number of halogens is 4. The number of carbonyl (C=O) groups is 1. The van der Waals surface area contributed by atoms with Crippen LogP contribution < -0.4 is 10.1 Å². The number of carbonyl (C=O) groups excluding carboxylic acids is 1. The van der Waals surface area contributed by atoms with Crippen LogP contribution in [0.5, 0.6) is 5.88 Å². The zero-order valence-electron chi connectivity index (χ0n) is 18.5. The number of rotatable bonds is 5. The molecule has 0 bridgehead atoms. The van der Waals surface area contributed by atoms with Crippen LogP contribution in [0.2, 0.25) is 0 Å². The highest BCUT2D eigenvalue weighted by atomic mass is 19.4. The molecule has 2 heterocycles. The minimum Gasteiger partial charge on any atom is -0.467 e. The van der Waals surface area contributed by atoms with Gasteiger partial charge < -0.3 is 10.1 Å². The largest absolute Gasteiger partial charge is 0.467 e. The number of nitrogens with zero attached hydrogens (tertiary/aromatic N) is 3. The highest BCUT2D eigenvalue weighted by Crippen LogP contribution is 2.38. The number of amides is 1. The number of aromatic nitrogens is 3. The number of anilines is 1. The number of fused-ring (bicyclic) bond motifs is 1.